The third-order valence-electron chi connectivity index (χ3n) is 4.87. The second kappa shape index (κ2) is 7.28. The summed E-state index contributed by atoms with van der Waals surface area (Å²) in [6, 6.07) is 8.82. The minimum absolute atomic E-state index is 0. The van der Waals surface area contributed by atoms with Crippen LogP contribution in [0.1, 0.15) is 49.1 Å². The number of rotatable bonds is 3. The lowest BCUT2D eigenvalue weighted by atomic mass is 9.85. The van der Waals surface area contributed by atoms with Crippen molar-refractivity contribution in [2.75, 3.05) is 6.54 Å². The topological polar surface area (TPSA) is 55.1 Å². The van der Waals surface area contributed by atoms with Crippen LogP contribution in [-0.2, 0) is 11.2 Å². The molecule has 3 rings (SSSR count). The Kier molecular flexibility index (Phi) is 5.65. The number of carbonyl (C=O) groups is 1. The van der Waals surface area contributed by atoms with Crippen molar-refractivity contribution in [2.24, 2.45) is 11.7 Å². The van der Waals surface area contributed by atoms with Gasteiger partial charge in [-0.2, -0.15) is 0 Å². The molecule has 3 atom stereocenters. The zero-order chi connectivity index (χ0) is 13.9. The van der Waals surface area contributed by atoms with Crippen LogP contribution in [0.4, 0.5) is 0 Å². The molecule has 1 aromatic carbocycles. The molecule has 0 aliphatic heterocycles. The van der Waals surface area contributed by atoms with Crippen molar-refractivity contribution < 1.29 is 4.79 Å². The molecule has 21 heavy (non-hydrogen) atoms. The van der Waals surface area contributed by atoms with Gasteiger partial charge in [0.25, 0.3) is 0 Å². The molecule has 116 valence electrons. The quantitative estimate of drug-likeness (QED) is 0.902. The highest BCUT2D eigenvalue weighted by Crippen LogP contribution is 2.32. The first kappa shape index (κ1) is 16.3. The first-order valence-corrected chi connectivity index (χ1v) is 7.85. The van der Waals surface area contributed by atoms with Gasteiger partial charge in [-0.25, -0.2) is 0 Å². The highest BCUT2D eigenvalue weighted by Gasteiger charge is 2.27. The van der Waals surface area contributed by atoms with E-state index in [4.69, 9.17) is 5.73 Å². The van der Waals surface area contributed by atoms with Gasteiger partial charge in [-0.05, 0) is 43.2 Å². The van der Waals surface area contributed by atoms with E-state index in [0.717, 1.165) is 45.1 Å². The maximum absolute atomic E-state index is 12.2. The van der Waals surface area contributed by atoms with Gasteiger partial charge in [-0.15, -0.1) is 12.4 Å². The summed E-state index contributed by atoms with van der Waals surface area (Å²) in [5.74, 6) is 0.840. The van der Waals surface area contributed by atoms with E-state index in [1.165, 1.54) is 11.1 Å². The van der Waals surface area contributed by atoms with Gasteiger partial charge in [0.2, 0.25) is 5.91 Å². The summed E-state index contributed by atoms with van der Waals surface area (Å²) in [7, 11) is 0. The van der Waals surface area contributed by atoms with Crippen molar-refractivity contribution in [3.8, 4) is 0 Å². The van der Waals surface area contributed by atoms with Crippen molar-refractivity contribution in [1.29, 1.82) is 0 Å². The van der Waals surface area contributed by atoms with Gasteiger partial charge in [0.15, 0.2) is 0 Å². The number of hydrogen-bond acceptors (Lipinski definition) is 2. The van der Waals surface area contributed by atoms with E-state index in [0.29, 0.717) is 5.92 Å². The fourth-order valence-electron chi connectivity index (χ4n) is 3.69. The molecular weight excluding hydrogens is 284 g/mol. The van der Waals surface area contributed by atoms with Gasteiger partial charge in [0, 0.05) is 24.4 Å². The number of benzene rings is 1. The van der Waals surface area contributed by atoms with Crippen molar-refractivity contribution in [3.05, 3.63) is 35.4 Å². The van der Waals surface area contributed by atoms with Crippen LogP contribution in [-0.4, -0.2) is 18.5 Å². The molecule has 2 aliphatic carbocycles. The molecule has 2 aliphatic rings. The van der Waals surface area contributed by atoms with Crippen LogP contribution in [0.3, 0.4) is 0 Å². The van der Waals surface area contributed by atoms with E-state index < -0.39 is 0 Å². The maximum Gasteiger partial charge on any atom is 0.223 e. The van der Waals surface area contributed by atoms with E-state index in [9.17, 15) is 4.79 Å². The van der Waals surface area contributed by atoms with Crippen molar-refractivity contribution in [2.45, 2.75) is 50.5 Å². The summed E-state index contributed by atoms with van der Waals surface area (Å²) in [5.41, 5.74) is 8.84. The molecule has 0 aromatic heterocycles. The highest BCUT2D eigenvalue weighted by molar-refractivity contribution is 5.85. The van der Waals surface area contributed by atoms with Crippen molar-refractivity contribution >= 4 is 18.3 Å². The van der Waals surface area contributed by atoms with Crippen LogP contribution in [0.25, 0.3) is 0 Å². The zero-order valence-corrected chi connectivity index (χ0v) is 13.2. The minimum atomic E-state index is 0. The third-order valence-corrected chi connectivity index (χ3v) is 4.87. The lowest BCUT2D eigenvalue weighted by molar-refractivity contribution is -0.126. The molecule has 3 unspecified atom stereocenters. The van der Waals surface area contributed by atoms with Crippen LogP contribution in [0, 0.1) is 5.92 Å². The fraction of sp³-hybridized carbons (Fsp3) is 0.588. The van der Waals surface area contributed by atoms with Crippen LogP contribution in [0.15, 0.2) is 24.3 Å². The maximum atomic E-state index is 12.2. The lowest BCUT2D eigenvalue weighted by Gasteiger charge is -2.26. The summed E-state index contributed by atoms with van der Waals surface area (Å²) < 4.78 is 0. The van der Waals surface area contributed by atoms with Gasteiger partial charge in [0.05, 0.1) is 0 Å². The zero-order valence-electron chi connectivity index (χ0n) is 12.4. The fourth-order valence-corrected chi connectivity index (χ4v) is 3.69. The molecule has 3 nitrogen and oxygen atoms in total. The van der Waals surface area contributed by atoms with E-state index >= 15 is 0 Å². The van der Waals surface area contributed by atoms with Crippen molar-refractivity contribution in [3.63, 3.8) is 0 Å². The SMILES string of the molecule is Cl.NC1CCCC(C(=O)NCC2CCc3ccccc32)C1. The van der Waals surface area contributed by atoms with E-state index in [1.54, 1.807) is 0 Å². The Morgan fingerprint density at radius 1 is 1.24 bits per heavy atom. The molecule has 1 fully saturated rings. The average Bonchev–Trinajstić information content (AvgIpc) is 2.88. The molecule has 3 N–H and O–H groups in total. The number of nitrogens with one attached hydrogen (secondary N) is 1. The normalized spacial score (nSPS) is 27.6. The number of amides is 1. The van der Waals surface area contributed by atoms with Crippen LogP contribution < -0.4 is 11.1 Å². The Bertz CT molecular complexity index is 491. The molecule has 1 aromatic rings. The Balaban J connectivity index is 0.00000161. The van der Waals surface area contributed by atoms with Crippen LogP contribution in [0.5, 0.6) is 0 Å². The molecule has 4 heteroatoms. The number of nitrogens with two attached hydrogens (primary N) is 1. The monoisotopic (exact) mass is 308 g/mol. The Morgan fingerprint density at radius 2 is 2.05 bits per heavy atom. The second-order valence-electron chi connectivity index (χ2n) is 6.30. The van der Waals surface area contributed by atoms with Crippen LogP contribution in [0.2, 0.25) is 0 Å². The number of fused-ring (bicyclic) bond motifs is 1. The molecule has 1 amide bonds. The summed E-state index contributed by atoms with van der Waals surface area (Å²) >= 11 is 0. The summed E-state index contributed by atoms with van der Waals surface area (Å²) in [5, 5.41) is 3.16. The molecule has 0 bridgehead atoms. The van der Waals surface area contributed by atoms with Gasteiger partial charge in [0.1, 0.15) is 0 Å². The first-order chi connectivity index (χ1) is 9.74. The van der Waals surface area contributed by atoms with Gasteiger partial charge in [-0.3, -0.25) is 4.79 Å². The molecule has 0 radical (unpaired) electrons. The van der Waals surface area contributed by atoms with Gasteiger partial charge in [-0.1, -0.05) is 30.7 Å². The number of halogens is 1. The van der Waals surface area contributed by atoms with Gasteiger partial charge < -0.3 is 11.1 Å². The van der Waals surface area contributed by atoms with E-state index in [1.807, 2.05) is 0 Å². The van der Waals surface area contributed by atoms with Crippen molar-refractivity contribution in [1.82, 2.24) is 5.32 Å². The highest BCUT2D eigenvalue weighted by atomic mass is 35.5. The number of hydrogen-bond donors (Lipinski definition) is 2. The third kappa shape index (κ3) is 3.78. The first-order valence-electron chi connectivity index (χ1n) is 7.85. The van der Waals surface area contributed by atoms with E-state index in [2.05, 4.69) is 29.6 Å². The molecule has 0 spiro atoms. The van der Waals surface area contributed by atoms with E-state index in [-0.39, 0.29) is 30.3 Å². The predicted octanol–water partition coefficient (Wildman–Crippen LogP) is 2.77. The second-order valence-corrected chi connectivity index (χ2v) is 6.30. The minimum Gasteiger partial charge on any atom is -0.355 e. The largest absolute Gasteiger partial charge is 0.355 e. The Hall–Kier alpha value is -1.06. The molecule has 0 heterocycles. The molecule has 0 saturated heterocycles. The molecule has 1 saturated carbocycles. The number of aryl methyl sites for hydroxylation is 1. The standard InChI is InChI=1S/C17H24N2O.ClH/c18-15-6-3-5-13(10-15)17(20)19-11-14-9-8-12-4-1-2-7-16(12)14;/h1-2,4,7,13-15H,3,5-6,8-11,18H2,(H,19,20);1H. The van der Waals surface area contributed by atoms with Crippen LogP contribution >= 0.6 is 12.4 Å². The smallest absolute Gasteiger partial charge is 0.223 e. The summed E-state index contributed by atoms with van der Waals surface area (Å²) in [4.78, 5) is 12.2. The molecular formula is C17H25ClN2O. The van der Waals surface area contributed by atoms with Gasteiger partial charge >= 0.3 is 0 Å². The lowest BCUT2D eigenvalue weighted by Crippen LogP contribution is -2.39. The Labute approximate surface area is 133 Å². The predicted molar refractivity (Wildman–Crippen MR) is 87.7 cm³/mol. The average molecular weight is 309 g/mol. The number of carbonyl (C=O) groups excluding carboxylic acids is 1. The Morgan fingerprint density at radius 3 is 2.86 bits per heavy atom. The summed E-state index contributed by atoms with van der Waals surface area (Å²) in [6.45, 7) is 0.779. The summed E-state index contributed by atoms with van der Waals surface area (Å²) in [6.07, 6.45) is 6.31.